The topological polar surface area (TPSA) is 0 Å². The first-order valence-corrected chi connectivity index (χ1v) is 6.23. The molecule has 2 aromatic rings. The van der Waals surface area contributed by atoms with Crippen LogP contribution in [-0.4, -0.2) is 0 Å². The zero-order valence-electron chi connectivity index (χ0n) is 12.3. The molecule has 2 rings (SSSR count). The molecule has 1 heteroatoms. The van der Waals surface area contributed by atoms with Gasteiger partial charge < -0.3 is 0 Å². The minimum Gasteiger partial charge on any atom is -0.184 e. The molecule has 0 aliphatic rings. The van der Waals surface area contributed by atoms with Crippen molar-refractivity contribution in [3.63, 3.8) is 0 Å². The van der Waals surface area contributed by atoms with Crippen molar-refractivity contribution in [2.45, 2.75) is 34.6 Å². The molecule has 0 nitrogen and oxygen atoms in total. The van der Waals surface area contributed by atoms with Crippen molar-refractivity contribution in [2.24, 2.45) is 0 Å². The fourth-order valence-electron chi connectivity index (χ4n) is 0.812. The maximum absolute atomic E-state index is 2.93. The second kappa shape index (κ2) is 21.8. The van der Waals surface area contributed by atoms with Gasteiger partial charge in [0.2, 0.25) is 0 Å². The van der Waals surface area contributed by atoms with Crippen LogP contribution in [0.1, 0.15) is 33.3 Å². The Morgan fingerprint density at radius 3 is 1.22 bits per heavy atom. The first kappa shape index (κ1) is 22.7. The Balaban J connectivity index is -0.000000189. The van der Waals surface area contributed by atoms with Crippen molar-refractivity contribution in [3.8, 4) is 0 Å². The smallest absolute Gasteiger partial charge is 0 e. The molecule has 18 heavy (non-hydrogen) atoms. The normalized spacial score (nSPS) is 6.72. The van der Waals surface area contributed by atoms with Gasteiger partial charge >= 0.3 is 0 Å². The minimum atomic E-state index is 0. The molecule has 0 saturated heterocycles. The molecule has 2 aromatic carbocycles. The van der Waals surface area contributed by atoms with Crippen molar-refractivity contribution < 1.29 is 32.7 Å². The van der Waals surface area contributed by atoms with Gasteiger partial charge in [0.1, 0.15) is 0 Å². The Kier molecular flexibility index (Phi) is 27.5. The Bertz CT molecular complexity index is 276. The van der Waals surface area contributed by atoms with E-state index in [1.54, 1.807) is 0 Å². The number of benzene rings is 2. The van der Waals surface area contributed by atoms with E-state index in [9.17, 15) is 0 Å². The standard InChI is InChI=1S/C7H7.C6H5.2C2H6.Y/c1-7-5-3-2-4-6-7;1-2-4-6-5-3-1;2*1-2;/h3-6H,1H3;1-5H;2*1-2H3;/q2*-1;;;. The molecule has 0 spiro atoms. The van der Waals surface area contributed by atoms with Gasteiger partial charge in [0, 0.05) is 32.7 Å². The zero-order chi connectivity index (χ0) is 13.4. The summed E-state index contributed by atoms with van der Waals surface area (Å²) in [5.74, 6) is 0. The van der Waals surface area contributed by atoms with Crippen LogP contribution in [0.3, 0.4) is 0 Å². The summed E-state index contributed by atoms with van der Waals surface area (Å²) in [6.45, 7) is 10.1. The molecule has 1 radical (unpaired) electrons. The van der Waals surface area contributed by atoms with Crippen LogP contribution in [0, 0.1) is 19.1 Å². The van der Waals surface area contributed by atoms with Crippen molar-refractivity contribution in [3.05, 3.63) is 72.3 Å². The van der Waals surface area contributed by atoms with E-state index in [-0.39, 0.29) is 32.7 Å². The number of hydrogen-bond donors (Lipinski definition) is 0. The van der Waals surface area contributed by atoms with E-state index in [2.05, 4.69) is 19.1 Å². The van der Waals surface area contributed by atoms with Crippen molar-refractivity contribution in [1.82, 2.24) is 0 Å². The molecule has 0 aromatic heterocycles. The summed E-state index contributed by atoms with van der Waals surface area (Å²) < 4.78 is 0. The van der Waals surface area contributed by atoms with Crippen LogP contribution in [0.2, 0.25) is 0 Å². The fourth-order valence-corrected chi connectivity index (χ4v) is 0.812. The van der Waals surface area contributed by atoms with Crippen molar-refractivity contribution >= 4 is 0 Å². The third-order valence-corrected chi connectivity index (χ3v) is 1.49. The molecule has 0 heterocycles. The van der Waals surface area contributed by atoms with Crippen LogP contribution in [0.4, 0.5) is 0 Å². The second-order valence-corrected chi connectivity index (χ2v) is 2.65. The van der Waals surface area contributed by atoms with Crippen LogP contribution < -0.4 is 0 Å². The summed E-state index contributed by atoms with van der Waals surface area (Å²) in [6.07, 6.45) is 0. The van der Waals surface area contributed by atoms with Crippen LogP contribution >= 0.6 is 0 Å². The average Bonchev–Trinajstić information content (AvgIpc) is 2.47. The average molecular weight is 317 g/mol. The van der Waals surface area contributed by atoms with Gasteiger partial charge in [0.25, 0.3) is 0 Å². The largest absolute Gasteiger partial charge is 0.184 e. The monoisotopic (exact) mass is 317 g/mol. The molecule has 0 saturated carbocycles. The van der Waals surface area contributed by atoms with Gasteiger partial charge in [-0.05, 0) is 0 Å². The molecular formula is C17H24Y-2. The van der Waals surface area contributed by atoms with E-state index in [4.69, 9.17) is 0 Å². The van der Waals surface area contributed by atoms with Crippen LogP contribution in [0.15, 0.2) is 54.6 Å². The Morgan fingerprint density at radius 2 is 1.06 bits per heavy atom. The molecular weight excluding hydrogens is 293 g/mol. The van der Waals surface area contributed by atoms with Gasteiger partial charge in [-0.1, -0.05) is 34.6 Å². The molecule has 0 fully saturated rings. The number of rotatable bonds is 0. The number of aryl methyl sites for hydroxylation is 1. The van der Waals surface area contributed by atoms with E-state index in [1.807, 2.05) is 82.3 Å². The van der Waals surface area contributed by atoms with E-state index in [0.29, 0.717) is 0 Å². The predicted molar refractivity (Wildman–Crippen MR) is 78.0 cm³/mol. The summed E-state index contributed by atoms with van der Waals surface area (Å²) >= 11 is 0. The molecule has 0 aliphatic carbocycles. The Hall–Kier alpha value is -0.456. The van der Waals surface area contributed by atoms with E-state index in [1.165, 1.54) is 5.56 Å². The first-order valence-electron chi connectivity index (χ1n) is 6.23. The molecule has 97 valence electrons. The molecule has 0 aliphatic heterocycles. The van der Waals surface area contributed by atoms with E-state index in [0.717, 1.165) is 0 Å². The van der Waals surface area contributed by atoms with E-state index < -0.39 is 0 Å². The van der Waals surface area contributed by atoms with Crippen molar-refractivity contribution in [1.29, 1.82) is 0 Å². The van der Waals surface area contributed by atoms with Gasteiger partial charge in [-0.2, -0.15) is 72.3 Å². The Labute approximate surface area is 139 Å². The summed E-state index contributed by atoms with van der Waals surface area (Å²) in [4.78, 5) is 0. The predicted octanol–water partition coefficient (Wildman–Crippen LogP) is 5.33. The second-order valence-electron chi connectivity index (χ2n) is 2.65. The Morgan fingerprint density at radius 1 is 0.667 bits per heavy atom. The zero-order valence-corrected chi connectivity index (χ0v) is 15.1. The SMILES string of the molecule is CC.CC.Cc1cc[c-]cc1.[Y].[c-]1ccccc1. The minimum absolute atomic E-state index is 0. The molecule has 0 amide bonds. The summed E-state index contributed by atoms with van der Waals surface area (Å²) in [5.41, 5.74) is 1.29. The molecule has 0 unspecified atom stereocenters. The summed E-state index contributed by atoms with van der Waals surface area (Å²) in [6, 6.07) is 23.3. The van der Waals surface area contributed by atoms with Gasteiger partial charge in [-0.3, -0.25) is 0 Å². The molecule has 0 atom stereocenters. The number of hydrogen-bond acceptors (Lipinski definition) is 0. The van der Waals surface area contributed by atoms with Crippen molar-refractivity contribution in [2.75, 3.05) is 0 Å². The van der Waals surface area contributed by atoms with Gasteiger partial charge in [-0.25, -0.2) is 0 Å². The summed E-state index contributed by atoms with van der Waals surface area (Å²) in [7, 11) is 0. The van der Waals surface area contributed by atoms with Crippen LogP contribution in [-0.2, 0) is 32.7 Å². The quantitative estimate of drug-likeness (QED) is 0.576. The fraction of sp³-hybridized carbons (Fsp3) is 0.294. The van der Waals surface area contributed by atoms with Gasteiger partial charge in [-0.15, -0.1) is 0 Å². The molecule has 0 N–H and O–H groups in total. The third kappa shape index (κ3) is 17.9. The third-order valence-electron chi connectivity index (χ3n) is 1.49. The van der Waals surface area contributed by atoms with Gasteiger partial charge in [0.15, 0.2) is 0 Å². The maximum Gasteiger partial charge on any atom is 0 e. The maximum atomic E-state index is 2.93. The molecule has 0 bridgehead atoms. The van der Waals surface area contributed by atoms with Crippen LogP contribution in [0.25, 0.3) is 0 Å². The first-order chi connectivity index (χ1) is 8.39. The van der Waals surface area contributed by atoms with Gasteiger partial charge in [0.05, 0.1) is 0 Å². The summed E-state index contributed by atoms with van der Waals surface area (Å²) in [5, 5.41) is 0. The van der Waals surface area contributed by atoms with E-state index >= 15 is 0 Å². The van der Waals surface area contributed by atoms with Crippen LogP contribution in [0.5, 0.6) is 0 Å².